The van der Waals surface area contributed by atoms with E-state index in [9.17, 15) is 13.6 Å². The van der Waals surface area contributed by atoms with Crippen LogP contribution in [0.25, 0.3) is 0 Å². The number of ether oxygens (including phenoxy) is 2. The fraction of sp³-hybridized carbons (Fsp3) is 0.333. The lowest BCUT2D eigenvalue weighted by molar-refractivity contribution is -0.146. The Hall–Kier alpha value is -1.98. The first kappa shape index (κ1) is 12.5. The van der Waals surface area contributed by atoms with Crippen LogP contribution in [0.1, 0.15) is 18.6 Å². The molecule has 0 saturated carbocycles. The summed E-state index contributed by atoms with van der Waals surface area (Å²) < 4.78 is 36.5. The van der Waals surface area contributed by atoms with E-state index >= 15 is 0 Å². The van der Waals surface area contributed by atoms with Crippen molar-refractivity contribution in [1.82, 2.24) is 0 Å². The summed E-state index contributed by atoms with van der Waals surface area (Å²) in [4.78, 5) is 15.4. The van der Waals surface area contributed by atoms with E-state index in [0.717, 1.165) is 24.6 Å². The third-order valence-electron chi connectivity index (χ3n) is 2.51. The predicted molar refractivity (Wildman–Crippen MR) is 59.1 cm³/mol. The highest BCUT2D eigenvalue weighted by molar-refractivity contribution is 5.80. The standard InChI is InChI=1S/C12H11F2NO3/c1-2-17-12(16)10-11(18-6-15-10)8-5-7(13)3-4-9(8)14/h3-6,10-11H,2H2,1H3. The third-order valence-corrected chi connectivity index (χ3v) is 2.51. The lowest BCUT2D eigenvalue weighted by Crippen LogP contribution is -2.27. The van der Waals surface area contributed by atoms with Gasteiger partial charge in [0.05, 0.1) is 6.61 Å². The Balaban J connectivity index is 2.27. The largest absolute Gasteiger partial charge is 0.473 e. The lowest BCUT2D eigenvalue weighted by atomic mass is 10.0. The number of carbonyl (C=O) groups is 1. The molecule has 0 N–H and O–H groups in total. The molecule has 96 valence electrons. The van der Waals surface area contributed by atoms with Gasteiger partial charge in [0.15, 0.2) is 18.5 Å². The second-order valence-corrected chi connectivity index (χ2v) is 3.67. The summed E-state index contributed by atoms with van der Waals surface area (Å²) in [6, 6.07) is 1.96. The number of nitrogens with zero attached hydrogens (tertiary/aromatic N) is 1. The van der Waals surface area contributed by atoms with Crippen molar-refractivity contribution >= 4 is 12.4 Å². The zero-order chi connectivity index (χ0) is 13.1. The second kappa shape index (κ2) is 5.12. The molecule has 2 unspecified atom stereocenters. The van der Waals surface area contributed by atoms with E-state index in [4.69, 9.17) is 9.47 Å². The van der Waals surface area contributed by atoms with Crippen LogP contribution in [0.3, 0.4) is 0 Å². The maximum absolute atomic E-state index is 13.6. The SMILES string of the molecule is CCOC(=O)C1N=COC1c1cc(F)ccc1F. The van der Waals surface area contributed by atoms with Gasteiger partial charge in [0.1, 0.15) is 11.6 Å². The Bertz CT molecular complexity index is 490. The van der Waals surface area contributed by atoms with Gasteiger partial charge in [0.2, 0.25) is 0 Å². The van der Waals surface area contributed by atoms with Crippen molar-refractivity contribution in [1.29, 1.82) is 0 Å². The van der Waals surface area contributed by atoms with Gasteiger partial charge in [-0.2, -0.15) is 0 Å². The summed E-state index contributed by atoms with van der Waals surface area (Å²) >= 11 is 0. The molecule has 0 fully saturated rings. The van der Waals surface area contributed by atoms with Gasteiger partial charge >= 0.3 is 5.97 Å². The van der Waals surface area contributed by atoms with Gasteiger partial charge in [0.25, 0.3) is 0 Å². The van der Waals surface area contributed by atoms with Crippen molar-refractivity contribution in [2.45, 2.75) is 19.1 Å². The number of benzene rings is 1. The second-order valence-electron chi connectivity index (χ2n) is 3.67. The van der Waals surface area contributed by atoms with E-state index in [1.165, 1.54) is 0 Å². The van der Waals surface area contributed by atoms with Crippen LogP contribution in [0.15, 0.2) is 23.2 Å². The monoisotopic (exact) mass is 255 g/mol. The van der Waals surface area contributed by atoms with Crippen molar-refractivity contribution in [3.8, 4) is 0 Å². The number of esters is 1. The number of carbonyl (C=O) groups excluding carboxylic acids is 1. The van der Waals surface area contributed by atoms with E-state index in [1.807, 2.05) is 0 Å². The Labute approximate surface area is 102 Å². The third kappa shape index (κ3) is 2.32. The Morgan fingerprint density at radius 1 is 1.50 bits per heavy atom. The smallest absolute Gasteiger partial charge is 0.335 e. The maximum Gasteiger partial charge on any atom is 0.335 e. The molecule has 0 bridgehead atoms. The first-order valence-electron chi connectivity index (χ1n) is 5.42. The molecule has 0 amide bonds. The van der Waals surface area contributed by atoms with Crippen LogP contribution in [0.2, 0.25) is 0 Å². The molecular formula is C12H11F2NO3. The summed E-state index contributed by atoms with van der Waals surface area (Å²) in [6.45, 7) is 1.83. The number of halogens is 2. The Morgan fingerprint density at radius 2 is 2.28 bits per heavy atom. The Kier molecular flexibility index (Phi) is 3.55. The highest BCUT2D eigenvalue weighted by Crippen LogP contribution is 2.30. The molecular weight excluding hydrogens is 244 g/mol. The molecule has 0 radical (unpaired) electrons. The maximum atomic E-state index is 13.6. The van der Waals surface area contributed by atoms with Crippen molar-refractivity contribution in [2.75, 3.05) is 6.61 Å². The summed E-state index contributed by atoms with van der Waals surface area (Å²) in [5.74, 6) is -1.88. The fourth-order valence-electron chi connectivity index (χ4n) is 1.71. The fourth-order valence-corrected chi connectivity index (χ4v) is 1.71. The minimum absolute atomic E-state index is 0.0504. The first-order chi connectivity index (χ1) is 8.63. The predicted octanol–water partition coefficient (Wildman–Crippen LogP) is 2.00. The van der Waals surface area contributed by atoms with Crippen LogP contribution in [0, 0.1) is 11.6 Å². The van der Waals surface area contributed by atoms with Crippen LogP contribution in [0.4, 0.5) is 8.78 Å². The number of rotatable bonds is 3. The van der Waals surface area contributed by atoms with Gasteiger partial charge in [-0.05, 0) is 25.1 Å². The van der Waals surface area contributed by atoms with E-state index in [-0.39, 0.29) is 12.2 Å². The van der Waals surface area contributed by atoms with Gasteiger partial charge in [-0.15, -0.1) is 0 Å². The highest BCUT2D eigenvalue weighted by Gasteiger charge is 2.36. The van der Waals surface area contributed by atoms with Crippen molar-refractivity contribution < 1.29 is 23.0 Å². The van der Waals surface area contributed by atoms with Crippen molar-refractivity contribution in [3.05, 3.63) is 35.4 Å². The molecule has 1 aliphatic heterocycles. The minimum Gasteiger partial charge on any atom is -0.473 e. The average molecular weight is 255 g/mol. The molecule has 1 aromatic rings. The summed E-state index contributed by atoms with van der Waals surface area (Å²) in [6.07, 6.45) is 0.0658. The molecule has 1 aromatic carbocycles. The topological polar surface area (TPSA) is 47.9 Å². The van der Waals surface area contributed by atoms with Crippen molar-refractivity contribution in [3.63, 3.8) is 0 Å². The molecule has 0 aliphatic carbocycles. The van der Waals surface area contributed by atoms with Crippen LogP contribution < -0.4 is 0 Å². The summed E-state index contributed by atoms with van der Waals surface area (Å²) in [7, 11) is 0. The summed E-state index contributed by atoms with van der Waals surface area (Å²) in [5.41, 5.74) is -0.0504. The van der Waals surface area contributed by atoms with E-state index in [2.05, 4.69) is 4.99 Å². The average Bonchev–Trinajstić information content (AvgIpc) is 2.81. The van der Waals surface area contributed by atoms with Crippen LogP contribution in [-0.4, -0.2) is 25.0 Å². The van der Waals surface area contributed by atoms with Gasteiger partial charge in [0, 0.05) is 5.56 Å². The number of hydrogen-bond donors (Lipinski definition) is 0. The minimum atomic E-state index is -0.999. The molecule has 2 rings (SSSR count). The zero-order valence-corrected chi connectivity index (χ0v) is 9.60. The normalized spacial score (nSPS) is 21.7. The molecule has 0 spiro atoms. The molecule has 18 heavy (non-hydrogen) atoms. The van der Waals surface area contributed by atoms with E-state index < -0.39 is 29.7 Å². The molecule has 0 aromatic heterocycles. The molecule has 2 atom stereocenters. The van der Waals surface area contributed by atoms with Crippen molar-refractivity contribution in [2.24, 2.45) is 4.99 Å². The molecule has 0 saturated heterocycles. The number of aliphatic imine (C=N–C) groups is 1. The first-order valence-corrected chi connectivity index (χ1v) is 5.42. The highest BCUT2D eigenvalue weighted by atomic mass is 19.1. The van der Waals surface area contributed by atoms with Crippen LogP contribution in [-0.2, 0) is 14.3 Å². The Morgan fingerprint density at radius 3 is 3.00 bits per heavy atom. The van der Waals surface area contributed by atoms with Gasteiger partial charge in [-0.3, -0.25) is 0 Å². The van der Waals surface area contributed by atoms with E-state index in [0.29, 0.717) is 0 Å². The molecule has 6 heteroatoms. The summed E-state index contributed by atoms with van der Waals surface area (Å²) in [5, 5.41) is 0. The zero-order valence-electron chi connectivity index (χ0n) is 9.60. The van der Waals surface area contributed by atoms with Gasteiger partial charge in [-0.25, -0.2) is 18.6 Å². The number of hydrogen-bond acceptors (Lipinski definition) is 4. The van der Waals surface area contributed by atoms with Gasteiger partial charge < -0.3 is 9.47 Å². The quantitative estimate of drug-likeness (QED) is 0.776. The lowest BCUT2D eigenvalue weighted by Gasteiger charge is -2.16. The molecule has 1 aliphatic rings. The molecule has 4 nitrogen and oxygen atoms in total. The molecule has 1 heterocycles. The van der Waals surface area contributed by atoms with E-state index in [1.54, 1.807) is 6.92 Å². The van der Waals surface area contributed by atoms with Crippen LogP contribution in [0.5, 0.6) is 0 Å². The van der Waals surface area contributed by atoms with Crippen LogP contribution >= 0.6 is 0 Å². The van der Waals surface area contributed by atoms with Gasteiger partial charge in [-0.1, -0.05) is 0 Å².